The second-order valence-electron chi connectivity index (χ2n) is 12.2. The summed E-state index contributed by atoms with van der Waals surface area (Å²) in [4.78, 5) is 5.37. The topological polar surface area (TPSA) is 21.6 Å². The molecule has 0 N–H and O–H groups in total. The van der Waals surface area contributed by atoms with Gasteiger partial charge in [-0.15, -0.1) is 0 Å². The van der Waals surface area contributed by atoms with Gasteiger partial charge in [-0.1, -0.05) is 59.0 Å². The molecule has 0 spiro atoms. The molecule has 4 fully saturated rings. The zero-order valence-electron chi connectivity index (χ0n) is 22.4. The van der Waals surface area contributed by atoms with Crippen molar-refractivity contribution in [1.29, 1.82) is 0 Å². The maximum absolute atomic E-state index is 8.90. The van der Waals surface area contributed by atoms with Gasteiger partial charge in [0.15, 0.2) is 0 Å². The standard InChI is InChI=1S/C27H45NO/c1-17(2)7-6-8-18(3)21-11-12-22-20-10-9-19-15-25-24(16-29-28-25)27(19,5)23(20)13-14-26(21,22)4/h17-24H,6-16H2,1-5H3/t18-,19+,20+,21-,22+,23+,24-,26-,27+/m1/s1/i15D2,16D/t16-,18+,19-,20-,21+,22-,23-,24+,26+,27-/m0. The van der Waals surface area contributed by atoms with Gasteiger partial charge in [-0.05, 0) is 97.2 Å². The van der Waals surface area contributed by atoms with Crippen molar-refractivity contribution in [2.24, 2.45) is 63.3 Å². The summed E-state index contributed by atoms with van der Waals surface area (Å²) < 4.78 is 26.4. The minimum absolute atomic E-state index is 0.00624. The average molecular weight is 403 g/mol. The predicted octanol–water partition coefficient (Wildman–Crippen LogP) is 7.33. The quantitative estimate of drug-likeness (QED) is 0.471. The molecule has 0 aromatic rings. The first-order valence-electron chi connectivity index (χ1n) is 14.3. The number of nitrogens with zero attached hydrogens (tertiary/aromatic N) is 1. The predicted molar refractivity (Wildman–Crippen MR) is 121 cm³/mol. The molecule has 5 rings (SSSR count). The van der Waals surface area contributed by atoms with Gasteiger partial charge in [-0.2, -0.15) is 0 Å². The largest absolute Gasteiger partial charge is 0.395 e. The van der Waals surface area contributed by atoms with E-state index in [1.807, 2.05) is 0 Å². The van der Waals surface area contributed by atoms with Gasteiger partial charge in [0.25, 0.3) is 0 Å². The first kappa shape index (κ1) is 17.1. The summed E-state index contributed by atoms with van der Waals surface area (Å²) in [5.74, 6) is 4.27. The van der Waals surface area contributed by atoms with Gasteiger partial charge in [0, 0.05) is 8.66 Å². The fourth-order valence-electron chi connectivity index (χ4n) is 9.10. The molecule has 4 saturated carbocycles. The molecule has 0 aromatic heterocycles. The van der Waals surface area contributed by atoms with E-state index in [9.17, 15) is 0 Å². The lowest BCUT2D eigenvalue weighted by Crippen LogP contribution is -2.53. The van der Waals surface area contributed by atoms with Crippen LogP contribution in [0.15, 0.2) is 5.16 Å². The highest BCUT2D eigenvalue weighted by Gasteiger charge is 2.64. The highest BCUT2D eigenvalue weighted by Crippen LogP contribution is 2.70. The molecule has 2 heteroatoms. The summed E-state index contributed by atoms with van der Waals surface area (Å²) in [6.07, 6.45) is 10.0. The normalized spacial score (nSPS) is 54.9. The third kappa shape index (κ3) is 2.97. The van der Waals surface area contributed by atoms with E-state index in [0.29, 0.717) is 23.0 Å². The molecule has 0 bridgehead atoms. The zero-order valence-corrected chi connectivity index (χ0v) is 19.4. The summed E-state index contributed by atoms with van der Waals surface area (Å²) in [7, 11) is 0. The van der Waals surface area contributed by atoms with Gasteiger partial charge < -0.3 is 4.84 Å². The van der Waals surface area contributed by atoms with E-state index in [1.165, 1.54) is 51.4 Å². The van der Waals surface area contributed by atoms with E-state index in [-0.39, 0.29) is 17.3 Å². The maximum Gasteiger partial charge on any atom is 0.125 e. The molecule has 4 aliphatic carbocycles. The van der Waals surface area contributed by atoms with Crippen LogP contribution in [0.5, 0.6) is 0 Å². The number of hydrogen-bond donors (Lipinski definition) is 0. The molecule has 0 saturated heterocycles. The molecule has 2 nitrogen and oxygen atoms in total. The smallest absolute Gasteiger partial charge is 0.125 e. The minimum atomic E-state index is -1.41. The lowest BCUT2D eigenvalue weighted by atomic mass is 9.46. The molecule has 29 heavy (non-hydrogen) atoms. The molecule has 10 atom stereocenters. The van der Waals surface area contributed by atoms with Crippen LogP contribution < -0.4 is 0 Å². The van der Waals surface area contributed by atoms with Crippen molar-refractivity contribution >= 4 is 5.71 Å². The SMILES string of the molecule is [2H][C@@H]1ON=C2[C@@H]1[C@]1(C)[C@H]3CC[C@]4(C)[C@@H]([C@H](C)CCCC(C)C)CC[C@H]4[C@@H]3CC[C@H]1C2([2H])[2H]. The molecule has 0 radical (unpaired) electrons. The first-order valence-corrected chi connectivity index (χ1v) is 12.7. The summed E-state index contributed by atoms with van der Waals surface area (Å²) >= 11 is 0. The van der Waals surface area contributed by atoms with E-state index in [4.69, 9.17) is 8.95 Å². The highest BCUT2D eigenvalue weighted by atomic mass is 16.6. The van der Waals surface area contributed by atoms with Crippen molar-refractivity contribution in [3.05, 3.63) is 0 Å². The van der Waals surface area contributed by atoms with Gasteiger partial charge in [0.2, 0.25) is 0 Å². The monoisotopic (exact) mass is 402 g/mol. The van der Waals surface area contributed by atoms with Crippen molar-refractivity contribution in [2.75, 3.05) is 6.58 Å². The molecule has 1 aliphatic heterocycles. The number of oxime groups is 1. The summed E-state index contributed by atoms with van der Waals surface area (Å²) in [6, 6.07) is 0. The lowest BCUT2D eigenvalue weighted by Gasteiger charge is -2.59. The fourth-order valence-corrected chi connectivity index (χ4v) is 9.10. The molecule has 0 unspecified atom stereocenters. The van der Waals surface area contributed by atoms with Gasteiger partial charge in [0.05, 0.1) is 7.08 Å². The second kappa shape index (κ2) is 7.27. The summed E-state index contributed by atoms with van der Waals surface area (Å²) in [5.41, 5.74) is 0.821. The Morgan fingerprint density at radius 2 is 1.90 bits per heavy atom. The Morgan fingerprint density at radius 3 is 2.69 bits per heavy atom. The molecule has 5 aliphatic rings. The Bertz CT molecular complexity index is 768. The van der Waals surface area contributed by atoms with Gasteiger partial charge in [-0.3, -0.25) is 0 Å². The molecule has 0 aromatic carbocycles. The van der Waals surface area contributed by atoms with Crippen LogP contribution in [0.25, 0.3) is 0 Å². The minimum Gasteiger partial charge on any atom is -0.395 e. The first-order chi connectivity index (χ1) is 15.0. The third-order valence-corrected chi connectivity index (χ3v) is 10.6. The van der Waals surface area contributed by atoms with E-state index >= 15 is 0 Å². The van der Waals surface area contributed by atoms with Gasteiger partial charge in [-0.25, -0.2) is 0 Å². The van der Waals surface area contributed by atoms with E-state index in [2.05, 4.69) is 39.8 Å². The Kier molecular flexibility index (Phi) is 4.28. The lowest BCUT2D eigenvalue weighted by molar-refractivity contribution is -0.109. The van der Waals surface area contributed by atoms with Crippen LogP contribution in [0.3, 0.4) is 0 Å². The Morgan fingerprint density at radius 1 is 1.07 bits per heavy atom. The summed E-state index contributed by atoms with van der Waals surface area (Å²) in [5, 5.41) is 4.15. The van der Waals surface area contributed by atoms with E-state index in [1.54, 1.807) is 0 Å². The van der Waals surface area contributed by atoms with E-state index in [0.717, 1.165) is 30.1 Å². The van der Waals surface area contributed by atoms with E-state index < -0.39 is 13.0 Å². The van der Waals surface area contributed by atoms with Crippen LogP contribution in [-0.2, 0) is 4.84 Å². The van der Waals surface area contributed by atoms with Crippen molar-refractivity contribution in [1.82, 2.24) is 0 Å². The Hall–Kier alpha value is -0.530. The van der Waals surface area contributed by atoms with Crippen molar-refractivity contribution < 1.29 is 8.95 Å². The molecule has 1 heterocycles. The Balaban J connectivity index is 1.38. The average Bonchev–Trinajstić information content (AvgIpc) is 3.32. The molecular weight excluding hydrogens is 354 g/mol. The Labute approximate surface area is 183 Å². The molecule has 0 amide bonds. The van der Waals surface area contributed by atoms with Crippen molar-refractivity contribution in [2.45, 2.75) is 98.8 Å². The molecular formula is C27H45NO. The molecule has 164 valence electrons. The maximum atomic E-state index is 8.90. The van der Waals surface area contributed by atoms with Gasteiger partial charge >= 0.3 is 0 Å². The second-order valence-corrected chi connectivity index (χ2v) is 12.2. The highest BCUT2D eigenvalue weighted by molar-refractivity contribution is 5.90. The van der Waals surface area contributed by atoms with Crippen molar-refractivity contribution in [3.63, 3.8) is 0 Å². The van der Waals surface area contributed by atoms with Crippen LogP contribution in [0, 0.1) is 58.2 Å². The number of rotatable bonds is 5. The van der Waals surface area contributed by atoms with Crippen LogP contribution >= 0.6 is 0 Å². The van der Waals surface area contributed by atoms with Crippen molar-refractivity contribution in [3.8, 4) is 0 Å². The fraction of sp³-hybridized carbons (Fsp3) is 0.963. The number of hydrogen-bond acceptors (Lipinski definition) is 2. The number of fused-ring (bicyclic) bond motifs is 7. The van der Waals surface area contributed by atoms with Crippen LogP contribution in [0.4, 0.5) is 0 Å². The van der Waals surface area contributed by atoms with Gasteiger partial charge in [0.1, 0.15) is 6.58 Å². The third-order valence-electron chi connectivity index (χ3n) is 10.6. The van der Waals surface area contributed by atoms with Crippen LogP contribution in [-0.4, -0.2) is 12.3 Å². The summed E-state index contributed by atoms with van der Waals surface area (Å²) in [6.45, 7) is 11.4. The zero-order chi connectivity index (χ0) is 23.1. The van der Waals surface area contributed by atoms with Crippen LogP contribution in [0.2, 0.25) is 0 Å². The van der Waals surface area contributed by atoms with Crippen LogP contribution in [0.1, 0.15) is 103 Å².